The molecule has 2 aliphatic rings. The molecule has 2 unspecified atom stereocenters. The highest BCUT2D eigenvalue weighted by Gasteiger charge is 2.44. The topological polar surface area (TPSA) is 29.5 Å². The maximum absolute atomic E-state index is 11.1. The number of esters is 1. The molecule has 3 nitrogen and oxygen atoms in total. The summed E-state index contributed by atoms with van der Waals surface area (Å²) in [5.74, 6) is -0.00738. The van der Waals surface area contributed by atoms with Crippen LogP contribution in [-0.2, 0) is 9.53 Å². The fourth-order valence-electron chi connectivity index (χ4n) is 2.53. The number of rotatable bonds is 0. The molecule has 74 valence electrons. The number of carbonyl (C=O) groups excluding carboxylic acids is 1. The van der Waals surface area contributed by atoms with Crippen molar-refractivity contribution in [1.82, 2.24) is 4.90 Å². The number of hydrogen-bond donors (Lipinski definition) is 0. The molecule has 13 heavy (non-hydrogen) atoms. The second kappa shape index (κ2) is 2.98. The smallest absolute Gasteiger partial charge is 0.306 e. The molecule has 0 aromatic heterocycles. The predicted octanol–water partition coefficient (Wildman–Crippen LogP) is 1.03. The number of piperidine rings is 1. The van der Waals surface area contributed by atoms with Gasteiger partial charge in [-0.15, -0.1) is 0 Å². The second-order valence-electron chi connectivity index (χ2n) is 4.66. The molecule has 2 atom stereocenters. The van der Waals surface area contributed by atoms with Gasteiger partial charge in [0.25, 0.3) is 0 Å². The van der Waals surface area contributed by atoms with Crippen LogP contribution >= 0.6 is 0 Å². The molecule has 2 rings (SSSR count). The summed E-state index contributed by atoms with van der Waals surface area (Å²) in [7, 11) is 2.14. The lowest BCUT2D eigenvalue weighted by molar-refractivity contribution is -0.172. The van der Waals surface area contributed by atoms with Gasteiger partial charge in [-0.25, -0.2) is 0 Å². The van der Waals surface area contributed by atoms with Gasteiger partial charge in [-0.1, -0.05) is 6.92 Å². The zero-order chi connectivity index (χ0) is 9.47. The Morgan fingerprint density at radius 2 is 2.38 bits per heavy atom. The van der Waals surface area contributed by atoms with Crippen molar-refractivity contribution >= 4 is 5.97 Å². The summed E-state index contributed by atoms with van der Waals surface area (Å²) in [6, 6.07) is 0. The molecule has 0 bridgehead atoms. The summed E-state index contributed by atoms with van der Waals surface area (Å²) in [6.07, 6.45) is 2.75. The first-order valence-electron chi connectivity index (χ1n) is 4.98. The van der Waals surface area contributed by atoms with Gasteiger partial charge in [-0.05, 0) is 19.9 Å². The van der Waals surface area contributed by atoms with Crippen molar-refractivity contribution in [2.75, 3.05) is 20.1 Å². The van der Waals surface area contributed by atoms with Crippen LogP contribution < -0.4 is 0 Å². The minimum Gasteiger partial charge on any atom is -0.462 e. The van der Waals surface area contributed by atoms with Crippen molar-refractivity contribution < 1.29 is 9.53 Å². The molecule has 2 heterocycles. The summed E-state index contributed by atoms with van der Waals surface area (Å²) in [5, 5.41) is 0. The first kappa shape index (κ1) is 9.00. The minimum absolute atomic E-state index is 0.00738. The van der Waals surface area contributed by atoms with Crippen LogP contribution in [0.2, 0.25) is 0 Å². The van der Waals surface area contributed by atoms with E-state index in [9.17, 15) is 4.79 Å². The van der Waals surface area contributed by atoms with Crippen molar-refractivity contribution in [2.24, 2.45) is 5.41 Å². The zero-order valence-electron chi connectivity index (χ0n) is 8.38. The monoisotopic (exact) mass is 183 g/mol. The Bertz CT molecular complexity index is 229. The van der Waals surface area contributed by atoms with Gasteiger partial charge in [0.15, 0.2) is 0 Å². The molecule has 2 aliphatic heterocycles. The molecule has 0 spiro atoms. The van der Waals surface area contributed by atoms with Crippen molar-refractivity contribution in [2.45, 2.75) is 32.3 Å². The van der Waals surface area contributed by atoms with E-state index >= 15 is 0 Å². The van der Waals surface area contributed by atoms with Gasteiger partial charge >= 0.3 is 5.97 Å². The third-order valence-corrected chi connectivity index (χ3v) is 3.36. The summed E-state index contributed by atoms with van der Waals surface area (Å²) < 4.78 is 5.38. The number of nitrogens with zero attached hydrogens (tertiary/aromatic N) is 1. The summed E-state index contributed by atoms with van der Waals surface area (Å²) in [6.45, 7) is 4.35. The first-order chi connectivity index (χ1) is 6.10. The lowest BCUT2D eigenvalue weighted by Gasteiger charge is -2.46. The van der Waals surface area contributed by atoms with Crippen molar-refractivity contribution in [1.29, 1.82) is 0 Å². The van der Waals surface area contributed by atoms with E-state index in [0.29, 0.717) is 6.42 Å². The third kappa shape index (κ3) is 1.57. The molecular formula is C10H17NO2. The van der Waals surface area contributed by atoms with Gasteiger partial charge in [0.05, 0.1) is 0 Å². The van der Waals surface area contributed by atoms with Crippen LogP contribution in [0.4, 0.5) is 0 Å². The van der Waals surface area contributed by atoms with Crippen LogP contribution in [0.3, 0.4) is 0 Å². The zero-order valence-corrected chi connectivity index (χ0v) is 8.38. The largest absolute Gasteiger partial charge is 0.462 e. The molecular weight excluding hydrogens is 166 g/mol. The number of carbonyl (C=O) groups is 1. The quantitative estimate of drug-likeness (QED) is 0.525. The van der Waals surface area contributed by atoms with Crippen LogP contribution in [0.15, 0.2) is 0 Å². The lowest BCUT2D eigenvalue weighted by atomic mass is 9.74. The van der Waals surface area contributed by atoms with Crippen molar-refractivity contribution in [3.63, 3.8) is 0 Å². The Morgan fingerprint density at radius 3 is 3.15 bits per heavy atom. The van der Waals surface area contributed by atoms with Crippen LogP contribution in [0, 0.1) is 5.41 Å². The summed E-state index contributed by atoms with van der Waals surface area (Å²) >= 11 is 0. The van der Waals surface area contributed by atoms with E-state index in [0.717, 1.165) is 25.9 Å². The molecule has 2 saturated heterocycles. The molecule has 0 aromatic rings. The molecule has 0 saturated carbocycles. The number of ether oxygens (including phenoxy) is 1. The normalized spacial score (nSPS) is 41.1. The third-order valence-electron chi connectivity index (χ3n) is 3.36. The molecule has 3 heteroatoms. The minimum atomic E-state index is -0.00738. The summed E-state index contributed by atoms with van der Waals surface area (Å²) in [5.41, 5.74) is 0.209. The van der Waals surface area contributed by atoms with Gasteiger partial charge in [0, 0.05) is 24.9 Å². The molecule has 0 radical (unpaired) electrons. The van der Waals surface area contributed by atoms with E-state index in [1.165, 1.54) is 0 Å². The average molecular weight is 183 g/mol. The Morgan fingerprint density at radius 1 is 1.62 bits per heavy atom. The van der Waals surface area contributed by atoms with Crippen LogP contribution in [0.25, 0.3) is 0 Å². The SMILES string of the molecule is CN1CCC2OC(=O)CCC2(C)C1. The summed E-state index contributed by atoms with van der Waals surface area (Å²) in [4.78, 5) is 13.4. The van der Waals surface area contributed by atoms with E-state index in [1.807, 2.05) is 0 Å². The van der Waals surface area contributed by atoms with Gasteiger partial charge in [-0.3, -0.25) is 4.79 Å². The Labute approximate surface area is 79.0 Å². The molecule has 2 fully saturated rings. The number of fused-ring (bicyclic) bond motifs is 1. The lowest BCUT2D eigenvalue weighted by Crippen LogP contribution is -2.52. The highest BCUT2D eigenvalue weighted by molar-refractivity contribution is 5.70. The fraction of sp³-hybridized carbons (Fsp3) is 0.900. The predicted molar refractivity (Wildman–Crippen MR) is 49.3 cm³/mol. The van der Waals surface area contributed by atoms with E-state index in [-0.39, 0.29) is 17.5 Å². The van der Waals surface area contributed by atoms with Gasteiger partial charge in [0.1, 0.15) is 6.10 Å². The molecule has 0 aliphatic carbocycles. The van der Waals surface area contributed by atoms with E-state index in [2.05, 4.69) is 18.9 Å². The Hall–Kier alpha value is -0.570. The average Bonchev–Trinajstić information content (AvgIpc) is 2.06. The van der Waals surface area contributed by atoms with Crippen LogP contribution in [-0.4, -0.2) is 37.1 Å². The van der Waals surface area contributed by atoms with Crippen LogP contribution in [0.1, 0.15) is 26.2 Å². The van der Waals surface area contributed by atoms with Gasteiger partial charge < -0.3 is 9.64 Å². The highest BCUT2D eigenvalue weighted by atomic mass is 16.5. The Kier molecular flexibility index (Phi) is 2.06. The second-order valence-corrected chi connectivity index (χ2v) is 4.66. The fourth-order valence-corrected chi connectivity index (χ4v) is 2.53. The van der Waals surface area contributed by atoms with Gasteiger partial charge in [0.2, 0.25) is 0 Å². The Balaban J connectivity index is 2.11. The van der Waals surface area contributed by atoms with E-state index in [4.69, 9.17) is 4.74 Å². The molecule has 0 amide bonds. The first-order valence-corrected chi connectivity index (χ1v) is 4.98. The maximum atomic E-state index is 11.1. The van der Waals surface area contributed by atoms with Crippen LogP contribution in [0.5, 0.6) is 0 Å². The van der Waals surface area contributed by atoms with E-state index < -0.39 is 0 Å². The maximum Gasteiger partial charge on any atom is 0.306 e. The molecule has 0 N–H and O–H groups in total. The molecule has 0 aromatic carbocycles. The standard InChI is InChI=1S/C10H17NO2/c1-10-5-3-9(12)13-8(10)4-6-11(2)7-10/h8H,3-7H2,1-2H3. The van der Waals surface area contributed by atoms with Gasteiger partial charge in [-0.2, -0.15) is 0 Å². The number of hydrogen-bond acceptors (Lipinski definition) is 3. The highest BCUT2D eigenvalue weighted by Crippen LogP contribution is 2.39. The number of likely N-dealkylation sites (tertiary alicyclic amines) is 1. The van der Waals surface area contributed by atoms with E-state index in [1.54, 1.807) is 0 Å². The van der Waals surface area contributed by atoms with Crippen molar-refractivity contribution in [3.8, 4) is 0 Å². The van der Waals surface area contributed by atoms with Crippen molar-refractivity contribution in [3.05, 3.63) is 0 Å².